The molecule has 1 aliphatic rings. The predicted molar refractivity (Wildman–Crippen MR) is 136 cm³/mol. The van der Waals surface area contributed by atoms with Crippen LogP contribution in [0.1, 0.15) is 123 Å². The molecule has 0 aromatic rings. The Morgan fingerprint density at radius 1 is 0.938 bits per heavy atom. The first-order valence-corrected chi connectivity index (χ1v) is 13.3. The summed E-state index contributed by atoms with van der Waals surface area (Å²) in [6.07, 6.45) is 29.8. The Hall–Kier alpha value is -1.46. The number of hydrogen-bond acceptors (Lipinski definition) is 3. The van der Waals surface area contributed by atoms with Crippen molar-refractivity contribution in [2.45, 2.75) is 129 Å². The molecule has 0 saturated heterocycles. The van der Waals surface area contributed by atoms with Crippen LogP contribution in [-0.4, -0.2) is 34.1 Å². The summed E-state index contributed by atoms with van der Waals surface area (Å²) < 4.78 is 0.172. The number of aliphatic imine (C=N–C) groups is 1. The van der Waals surface area contributed by atoms with Gasteiger partial charge in [0.25, 0.3) is 0 Å². The molecule has 2 unspecified atom stereocenters. The molecule has 0 amide bonds. The number of aliphatic carboxylic acids is 1. The minimum Gasteiger partial charge on any atom is -0.477 e. The maximum Gasteiger partial charge on any atom is 0.360 e. The van der Waals surface area contributed by atoms with Gasteiger partial charge in [-0.15, -0.1) is 0 Å². The molecule has 1 heterocycles. The fraction of sp³-hybridized carbons (Fsp3) is 0.778. The highest BCUT2D eigenvalue weighted by molar-refractivity contribution is 5.81. The molecule has 0 aromatic heterocycles. The second-order valence-corrected chi connectivity index (χ2v) is 9.43. The summed E-state index contributed by atoms with van der Waals surface area (Å²) in [4.78, 5) is 15.7. The Labute approximate surface area is 197 Å². The standard InChI is InChI=1S/C27H49N3O2/c1-3-4-5-6-7-8-9-10-11-12-13-14-15-16-17-18-19-20-21-26-29-22-23-30(26,25(2)28)24-27(31)32/h4-5,22-23,25H,3,6-21,24,28H2,1-2H3/p+1/b5-4+. The fourth-order valence-corrected chi connectivity index (χ4v) is 4.54. The van der Waals surface area contributed by atoms with E-state index in [2.05, 4.69) is 24.1 Å². The molecular formula is C27H50N3O2+. The SMILES string of the molecule is CC/C=C/CCCCCCCCCCCCCCCCC1=NC=C[N+]1(CC(=O)O)C(C)N. The van der Waals surface area contributed by atoms with Crippen LogP contribution in [0, 0.1) is 0 Å². The lowest BCUT2D eigenvalue weighted by atomic mass is 10.0. The quantitative estimate of drug-likeness (QED) is 0.110. The van der Waals surface area contributed by atoms with Crippen molar-refractivity contribution in [1.29, 1.82) is 0 Å². The van der Waals surface area contributed by atoms with Gasteiger partial charge in [-0.3, -0.25) is 5.73 Å². The molecule has 32 heavy (non-hydrogen) atoms. The van der Waals surface area contributed by atoms with Crippen LogP contribution in [0.2, 0.25) is 0 Å². The molecule has 5 nitrogen and oxygen atoms in total. The van der Waals surface area contributed by atoms with Gasteiger partial charge in [-0.05, 0) is 25.7 Å². The Bertz CT molecular complexity index is 583. The van der Waals surface area contributed by atoms with E-state index >= 15 is 0 Å². The number of carboxylic acids is 1. The molecule has 184 valence electrons. The predicted octanol–water partition coefficient (Wildman–Crippen LogP) is 7.28. The van der Waals surface area contributed by atoms with Crippen molar-refractivity contribution in [3.8, 4) is 0 Å². The van der Waals surface area contributed by atoms with E-state index in [1.165, 1.54) is 96.3 Å². The number of allylic oxidation sites excluding steroid dienone is 2. The smallest absolute Gasteiger partial charge is 0.360 e. The highest BCUT2D eigenvalue weighted by atomic mass is 16.4. The van der Waals surface area contributed by atoms with Crippen LogP contribution < -0.4 is 5.73 Å². The molecule has 1 rings (SSSR count). The van der Waals surface area contributed by atoms with Crippen LogP contribution in [-0.2, 0) is 4.79 Å². The van der Waals surface area contributed by atoms with Crippen molar-refractivity contribution in [3.05, 3.63) is 24.6 Å². The van der Waals surface area contributed by atoms with Gasteiger partial charge >= 0.3 is 5.97 Å². The first-order chi connectivity index (χ1) is 15.5. The topological polar surface area (TPSA) is 75.7 Å². The number of carboxylic acid groups (broad SMARTS) is 1. The molecule has 0 aromatic carbocycles. The molecule has 0 spiro atoms. The number of nitrogens with zero attached hydrogens (tertiary/aromatic N) is 2. The number of amidine groups is 1. The van der Waals surface area contributed by atoms with Gasteiger partial charge < -0.3 is 5.11 Å². The minimum atomic E-state index is -0.836. The highest BCUT2D eigenvalue weighted by Crippen LogP contribution is 2.23. The molecule has 0 aliphatic carbocycles. The van der Waals surface area contributed by atoms with Crippen molar-refractivity contribution >= 4 is 11.8 Å². The zero-order valence-electron chi connectivity index (χ0n) is 20.9. The van der Waals surface area contributed by atoms with E-state index in [1.54, 1.807) is 6.20 Å². The monoisotopic (exact) mass is 448 g/mol. The van der Waals surface area contributed by atoms with Crippen LogP contribution in [0.4, 0.5) is 0 Å². The summed E-state index contributed by atoms with van der Waals surface area (Å²) in [6, 6.07) is 0. The van der Waals surface area contributed by atoms with Gasteiger partial charge in [-0.2, -0.15) is 0 Å². The van der Waals surface area contributed by atoms with Crippen molar-refractivity contribution in [3.63, 3.8) is 0 Å². The first kappa shape index (κ1) is 28.6. The van der Waals surface area contributed by atoms with Crippen LogP contribution in [0.25, 0.3) is 0 Å². The van der Waals surface area contributed by atoms with Crippen molar-refractivity contribution in [1.82, 2.24) is 0 Å². The van der Waals surface area contributed by atoms with E-state index in [9.17, 15) is 9.90 Å². The Morgan fingerprint density at radius 3 is 1.91 bits per heavy atom. The molecule has 5 heteroatoms. The molecule has 0 bridgehead atoms. The fourth-order valence-electron chi connectivity index (χ4n) is 4.54. The van der Waals surface area contributed by atoms with E-state index in [1.807, 2.05) is 13.1 Å². The van der Waals surface area contributed by atoms with Gasteiger partial charge in [0, 0.05) is 13.3 Å². The average Bonchev–Trinajstić information content (AvgIpc) is 3.16. The van der Waals surface area contributed by atoms with Crippen molar-refractivity contribution < 1.29 is 14.4 Å². The highest BCUT2D eigenvalue weighted by Gasteiger charge is 2.40. The summed E-state index contributed by atoms with van der Waals surface area (Å²) in [6.45, 7) is 4.03. The van der Waals surface area contributed by atoms with Gasteiger partial charge in [-0.1, -0.05) is 96.1 Å². The molecule has 3 N–H and O–H groups in total. The first-order valence-electron chi connectivity index (χ1n) is 13.3. The summed E-state index contributed by atoms with van der Waals surface area (Å²) in [5.41, 5.74) is 6.12. The lowest BCUT2D eigenvalue weighted by Crippen LogP contribution is -2.59. The van der Waals surface area contributed by atoms with Gasteiger partial charge in [0.15, 0.2) is 6.54 Å². The average molecular weight is 449 g/mol. The summed E-state index contributed by atoms with van der Waals surface area (Å²) in [7, 11) is 0. The summed E-state index contributed by atoms with van der Waals surface area (Å²) in [5, 5.41) is 9.27. The molecular weight excluding hydrogens is 398 g/mol. The van der Waals surface area contributed by atoms with Gasteiger partial charge in [0.05, 0.1) is 6.20 Å². The number of unbranched alkanes of at least 4 members (excludes halogenated alkanes) is 14. The van der Waals surface area contributed by atoms with Crippen LogP contribution in [0.15, 0.2) is 29.5 Å². The van der Waals surface area contributed by atoms with Crippen LogP contribution in [0.5, 0.6) is 0 Å². The lowest BCUT2D eigenvalue weighted by Gasteiger charge is -2.34. The maximum absolute atomic E-state index is 11.3. The third kappa shape index (κ3) is 12.0. The maximum atomic E-state index is 11.3. The van der Waals surface area contributed by atoms with Crippen molar-refractivity contribution in [2.75, 3.05) is 6.54 Å². The molecule has 0 fully saturated rings. The van der Waals surface area contributed by atoms with Gasteiger partial charge in [0.1, 0.15) is 12.4 Å². The molecule has 0 radical (unpaired) electrons. The van der Waals surface area contributed by atoms with Crippen molar-refractivity contribution in [2.24, 2.45) is 10.7 Å². The minimum absolute atomic E-state index is 0.0242. The summed E-state index contributed by atoms with van der Waals surface area (Å²) >= 11 is 0. The Kier molecular flexibility index (Phi) is 16.1. The third-order valence-corrected chi connectivity index (χ3v) is 6.58. The second-order valence-electron chi connectivity index (χ2n) is 9.43. The van der Waals surface area contributed by atoms with Crippen LogP contribution in [0.3, 0.4) is 0 Å². The largest absolute Gasteiger partial charge is 0.477 e. The van der Waals surface area contributed by atoms with Gasteiger partial charge in [-0.25, -0.2) is 14.3 Å². The Morgan fingerprint density at radius 2 is 1.44 bits per heavy atom. The van der Waals surface area contributed by atoms with E-state index in [-0.39, 0.29) is 17.2 Å². The van der Waals surface area contributed by atoms with Crippen LogP contribution >= 0.6 is 0 Å². The number of carbonyl (C=O) groups is 1. The third-order valence-electron chi connectivity index (χ3n) is 6.58. The number of nitrogens with two attached hydrogens (primary N) is 1. The zero-order chi connectivity index (χ0) is 23.5. The lowest BCUT2D eigenvalue weighted by molar-refractivity contribution is -0.805. The van der Waals surface area contributed by atoms with Gasteiger partial charge in [0.2, 0.25) is 5.84 Å². The van der Waals surface area contributed by atoms with E-state index in [4.69, 9.17) is 5.73 Å². The number of rotatable bonds is 21. The molecule has 1 aliphatic heterocycles. The number of quaternary nitrogens is 1. The Balaban J connectivity index is 1.93. The summed E-state index contributed by atoms with van der Waals surface area (Å²) in [5.74, 6) is 0.0627. The van der Waals surface area contributed by atoms with E-state index in [0.717, 1.165) is 18.7 Å². The number of hydrogen-bond donors (Lipinski definition) is 2. The second kappa shape index (κ2) is 18.0. The zero-order valence-corrected chi connectivity index (χ0v) is 20.9. The van der Waals surface area contributed by atoms with E-state index in [0.29, 0.717) is 0 Å². The molecule has 2 atom stereocenters. The molecule has 0 saturated carbocycles. The van der Waals surface area contributed by atoms with E-state index < -0.39 is 5.97 Å². The normalized spacial score (nSPS) is 19.0.